The molecule has 1 aromatic rings. The molecule has 3 N–H and O–H groups in total. The fraction of sp³-hybridized carbons (Fsp3) is 0.176. The lowest BCUT2D eigenvalue weighted by molar-refractivity contribution is -0.130. The molecule has 122 valence electrons. The molecule has 1 atom stereocenters. The van der Waals surface area contributed by atoms with Crippen molar-refractivity contribution in [2.75, 3.05) is 5.32 Å². The van der Waals surface area contributed by atoms with Crippen molar-refractivity contribution in [1.82, 2.24) is 4.90 Å². The summed E-state index contributed by atoms with van der Waals surface area (Å²) in [6.07, 6.45) is 6.80. The first kappa shape index (κ1) is 15.7. The highest BCUT2D eigenvalue weighted by Gasteiger charge is 2.45. The van der Waals surface area contributed by atoms with Crippen molar-refractivity contribution in [3.8, 4) is 0 Å². The van der Waals surface area contributed by atoms with Crippen LogP contribution in [-0.4, -0.2) is 34.0 Å². The number of amidine groups is 1. The summed E-state index contributed by atoms with van der Waals surface area (Å²) in [6.45, 7) is 1.66. The van der Waals surface area contributed by atoms with Crippen LogP contribution in [0.3, 0.4) is 0 Å². The Morgan fingerprint density at radius 1 is 1.29 bits per heavy atom. The number of fused-ring (bicyclic) bond motifs is 1. The van der Waals surface area contributed by atoms with Gasteiger partial charge in [-0.2, -0.15) is 4.99 Å². The van der Waals surface area contributed by atoms with Crippen LogP contribution in [0.15, 0.2) is 53.7 Å². The Labute approximate surface area is 138 Å². The molecule has 0 aromatic heterocycles. The minimum absolute atomic E-state index is 0.0702. The molecule has 2 aliphatic heterocycles. The third-order valence-corrected chi connectivity index (χ3v) is 4.03. The van der Waals surface area contributed by atoms with Gasteiger partial charge in [0.15, 0.2) is 0 Å². The van der Waals surface area contributed by atoms with Gasteiger partial charge in [-0.25, -0.2) is 0 Å². The largest absolute Gasteiger partial charge is 0.366 e. The second kappa shape index (κ2) is 5.77. The van der Waals surface area contributed by atoms with Crippen molar-refractivity contribution in [2.45, 2.75) is 18.9 Å². The maximum atomic E-state index is 12.9. The first-order valence-electron chi connectivity index (χ1n) is 7.38. The van der Waals surface area contributed by atoms with E-state index in [4.69, 9.17) is 5.73 Å². The fourth-order valence-corrected chi connectivity index (χ4v) is 2.74. The number of benzene rings is 1. The number of primary amides is 1. The van der Waals surface area contributed by atoms with Crippen LogP contribution in [0.25, 0.3) is 0 Å². The van der Waals surface area contributed by atoms with Gasteiger partial charge in [0.1, 0.15) is 11.4 Å². The molecule has 0 saturated carbocycles. The van der Waals surface area contributed by atoms with E-state index < -0.39 is 17.4 Å². The standard InChI is InChI=1S/C17H16N4O3/c1-17(10-14(22)20-13-8-4-5-9-21(13)17)16(24)19-12-7-3-2-6-11(12)15(18)23/h2-9H,10H2,1H3,(H2,18,23)(H,19,24). The van der Waals surface area contributed by atoms with Crippen molar-refractivity contribution in [2.24, 2.45) is 10.7 Å². The molecular weight excluding hydrogens is 308 g/mol. The zero-order valence-corrected chi connectivity index (χ0v) is 13.0. The summed E-state index contributed by atoms with van der Waals surface area (Å²) in [5.41, 5.74) is 4.70. The molecule has 0 bridgehead atoms. The summed E-state index contributed by atoms with van der Waals surface area (Å²) in [7, 11) is 0. The SMILES string of the molecule is CC1(C(=O)Nc2ccccc2C(N)=O)CC(=O)N=C2C=CC=CN21. The van der Waals surface area contributed by atoms with Crippen molar-refractivity contribution in [3.63, 3.8) is 0 Å². The van der Waals surface area contributed by atoms with Gasteiger partial charge in [0.05, 0.1) is 17.7 Å². The van der Waals surface area contributed by atoms with Gasteiger partial charge in [-0.15, -0.1) is 0 Å². The number of hydrogen-bond donors (Lipinski definition) is 2. The zero-order chi connectivity index (χ0) is 17.3. The molecule has 3 rings (SSSR count). The third kappa shape index (κ3) is 2.60. The Morgan fingerprint density at radius 3 is 2.79 bits per heavy atom. The molecule has 0 aliphatic carbocycles. The first-order valence-corrected chi connectivity index (χ1v) is 7.38. The van der Waals surface area contributed by atoms with E-state index in [0.717, 1.165) is 0 Å². The molecule has 7 nitrogen and oxygen atoms in total. The molecule has 0 saturated heterocycles. The van der Waals surface area contributed by atoms with E-state index in [9.17, 15) is 14.4 Å². The molecule has 3 amide bonds. The number of nitrogens with one attached hydrogen (secondary N) is 1. The Balaban J connectivity index is 1.94. The molecule has 7 heteroatoms. The van der Waals surface area contributed by atoms with Crippen LogP contribution in [0.5, 0.6) is 0 Å². The van der Waals surface area contributed by atoms with E-state index in [1.807, 2.05) is 0 Å². The van der Waals surface area contributed by atoms with Gasteiger partial charge in [-0.3, -0.25) is 14.4 Å². The number of carbonyl (C=O) groups excluding carboxylic acids is 3. The molecule has 0 fully saturated rings. The van der Waals surface area contributed by atoms with Gasteiger partial charge < -0.3 is 16.0 Å². The lowest BCUT2D eigenvalue weighted by Gasteiger charge is -2.41. The lowest BCUT2D eigenvalue weighted by Crippen LogP contribution is -2.58. The van der Waals surface area contributed by atoms with Crippen molar-refractivity contribution in [1.29, 1.82) is 0 Å². The molecule has 1 unspecified atom stereocenters. The van der Waals surface area contributed by atoms with Gasteiger partial charge in [0.25, 0.3) is 17.7 Å². The molecule has 2 aliphatic rings. The van der Waals surface area contributed by atoms with Crippen molar-refractivity contribution < 1.29 is 14.4 Å². The average molecular weight is 324 g/mol. The summed E-state index contributed by atoms with van der Waals surface area (Å²) in [5.74, 6) is -1.02. The van der Waals surface area contributed by atoms with Crippen LogP contribution in [0.2, 0.25) is 0 Å². The second-order valence-electron chi connectivity index (χ2n) is 5.75. The highest BCUT2D eigenvalue weighted by Crippen LogP contribution is 2.29. The molecule has 1 aromatic carbocycles. The average Bonchev–Trinajstić information content (AvgIpc) is 2.55. The van der Waals surface area contributed by atoms with E-state index in [0.29, 0.717) is 11.5 Å². The molecule has 0 radical (unpaired) electrons. The summed E-state index contributed by atoms with van der Waals surface area (Å²) in [4.78, 5) is 41.9. The van der Waals surface area contributed by atoms with Crippen LogP contribution in [0.1, 0.15) is 23.7 Å². The number of rotatable bonds is 3. The second-order valence-corrected chi connectivity index (χ2v) is 5.75. The maximum Gasteiger partial charge on any atom is 0.250 e. The lowest BCUT2D eigenvalue weighted by atomic mass is 9.91. The highest BCUT2D eigenvalue weighted by molar-refractivity contribution is 6.13. The highest BCUT2D eigenvalue weighted by atomic mass is 16.2. The predicted octanol–water partition coefficient (Wildman–Crippen LogP) is 1.20. The normalized spacial score (nSPS) is 22.0. The van der Waals surface area contributed by atoms with Crippen LogP contribution in [-0.2, 0) is 9.59 Å². The summed E-state index contributed by atoms with van der Waals surface area (Å²) in [5, 5.41) is 2.71. The summed E-state index contributed by atoms with van der Waals surface area (Å²) >= 11 is 0. The number of hydrogen-bond acceptors (Lipinski definition) is 4. The Bertz CT molecular complexity index is 825. The van der Waals surface area contributed by atoms with Crippen LogP contribution in [0, 0.1) is 0 Å². The Hall–Kier alpha value is -3.22. The van der Waals surface area contributed by atoms with Gasteiger partial charge in [-0.1, -0.05) is 18.2 Å². The summed E-state index contributed by atoms with van der Waals surface area (Å²) in [6, 6.07) is 6.47. The van der Waals surface area contributed by atoms with E-state index in [1.54, 1.807) is 54.5 Å². The number of nitrogens with zero attached hydrogens (tertiary/aromatic N) is 2. The monoisotopic (exact) mass is 324 g/mol. The molecular formula is C17H16N4O3. The Morgan fingerprint density at radius 2 is 2.04 bits per heavy atom. The number of carbonyl (C=O) groups is 3. The minimum atomic E-state index is -1.15. The number of amides is 3. The predicted molar refractivity (Wildman–Crippen MR) is 89.2 cm³/mol. The molecule has 24 heavy (non-hydrogen) atoms. The van der Waals surface area contributed by atoms with Crippen LogP contribution < -0.4 is 11.1 Å². The number of allylic oxidation sites excluding steroid dienone is 2. The number of aliphatic imine (C=N–C) groups is 1. The van der Waals surface area contributed by atoms with E-state index in [2.05, 4.69) is 10.3 Å². The van der Waals surface area contributed by atoms with E-state index in [1.165, 1.54) is 6.07 Å². The third-order valence-electron chi connectivity index (χ3n) is 4.03. The smallest absolute Gasteiger partial charge is 0.250 e. The quantitative estimate of drug-likeness (QED) is 0.871. The number of anilines is 1. The van der Waals surface area contributed by atoms with Crippen molar-refractivity contribution >= 4 is 29.2 Å². The zero-order valence-electron chi connectivity index (χ0n) is 13.0. The van der Waals surface area contributed by atoms with Gasteiger partial charge >= 0.3 is 0 Å². The van der Waals surface area contributed by atoms with Gasteiger partial charge in [-0.05, 0) is 31.2 Å². The fourth-order valence-electron chi connectivity index (χ4n) is 2.74. The minimum Gasteiger partial charge on any atom is -0.366 e. The Kier molecular flexibility index (Phi) is 3.76. The first-order chi connectivity index (χ1) is 11.4. The van der Waals surface area contributed by atoms with Crippen LogP contribution in [0.4, 0.5) is 5.69 Å². The van der Waals surface area contributed by atoms with Crippen molar-refractivity contribution in [3.05, 3.63) is 54.3 Å². The van der Waals surface area contributed by atoms with Crippen LogP contribution >= 0.6 is 0 Å². The molecule has 0 spiro atoms. The summed E-state index contributed by atoms with van der Waals surface area (Å²) < 4.78 is 0. The van der Waals surface area contributed by atoms with E-state index in [-0.39, 0.29) is 17.9 Å². The number of nitrogens with two attached hydrogens (primary N) is 1. The van der Waals surface area contributed by atoms with E-state index >= 15 is 0 Å². The van der Waals surface area contributed by atoms with Gasteiger partial charge in [0, 0.05) is 6.20 Å². The maximum absolute atomic E-state index is 12.9. The number of para-hydroxylation sites is 1. The molecule has 2 heterocycles. The topological polar surface area (TPSA) is 105 Å². The van der Waals surface area contributed by atoms with Gasteiger partial charge in [0.2, 0.25) is 0 Å².